The van der Waals surface area contributed by atoms with Crippen molar-refractivity contribution in [3.8, 4) is 5.75 Å². The van der Waals surface area contributed by atoms with Crippen LogP contribution in [-0.4, -0.2) is 18.0 Å². The van der Waals surface area contributed by atoms with Crippen LogP contribution < -0.4 is 15.8 Å². The van der Waals surface area contributed by atoms with Crippen LogP contribution in [0.25, 0.3) is 0 Å². The summed E-state index contributed by atoms with van der Waals surface area (Å²) in [5.74, 6) is 0.292. The van der Waals surface area contributed by atoms with Crippen molar-refractivity contribution in [2.45, 2.75) is 0 Å². The number of hydrogen-bond donors (Lipinski definition) is 2. The Balaban J connectivity index is 2.24. The molecule has 0 aliphatic carbocycles. The van der Waals surface area contributed by atoms with Crippen LogP contribution >= 0.6 is 11.3 Å². The summed E-state index contributed by atoms with van der Waals surface area (Å²) in [4.78, 5) is 15.9. The van der Waals surface area contributed by atoms with E-state index in [2.05, 4.69) is 10.3 Å². The second-order valence-electron chi connectivity index (χ2n) is 3.24. The molecule has 88 valence electrons. The fraction of sp³-hybridized carbons (Fsp3) is 0.0909. The number of anilines is 2. The van der Waals surface area contributed by atoms with Gasteiger partial charge in [-0.2, -0.15) is 0 Å². The lowest BCUT2D eigenvalue weighted by Gasteiger charge is -2.07. The van der Waals surface area contributed by atoms with Crippen molar-refractivity contribution >= 4 is 28.1 Å². The number of carbonyl (C=O) groups excluding carboxylic acids is 1. The highest BCUT2D eigenvalue weighted by molar-refractivity contribution is 7.13. The Labute approximate surface area is 102 Å². The maximum absolute atomic E-state index is 11.9. The Morgan fingerprint density at radius 2 is 2.35 bits per heavy atom. The molecule has 6 heteroatoms. The summed E-state index contributed by atoms with van der Waals surface area (Å²) in [6.45, 7) is 0. The highest BCUT2D eigenvalue weighted by Crippen LogP contribution is 2.21. The lowest BCUT2D eigenvalue weighted by molar-refractivity contribution is 0.102. The third-order valence-electron chi connectivity index (χ3n) is 2.16. The van der Waals surface area contributed by atoms with E-state index >= 15 is 0 Å². The molecule has 0 fully saturated rings. The SMILES string of the molecule is COc1ccc(N)c(C(=O)Nc2nccs2)c1. The maximum atomic E-state index is 11.9. The molecule has 0 saturated carbocycles. The molecule has 0 unspecified atom stereocenters. The molecule has 1 aromatic carbocycles. The van der Waals surface area contributed by atoms with E-state index in [1.165, 1.54) is 18.4 Å². The fourth-order valence-corrected chi connectivity index (χ4v) is 1.83. The van der Waals surface area contributed by atoms with Gasteiger partial charge in [0.2, 0.25) is 0 Å². The summed E-state index contributed by atoms with van der Waals surface area (Å²) in [5, 5.41) is 4.98. The molecular formula is C11H11N3O2S. The number of ether oxygens (including phenoxy) is 1. The first-order valence-corrected chi connectivity index (χ1v) is 5.73. The summed E-state index contributed by atoms with van der Waals surface area (Å²) in [5.41, 5.74) is 6.52. The molecule has 2 aromatic rings. The standard InChI is InChI=1S/C11H11N3O2S/c1-16-7-2-3-9(12)8(6-7)10(15)14-11-13-4-5-17-11/h2-6H,12H2,1H3,(H,13,14,15). The van der Waals surface area contributed by atoms with Gasteiger partial charge in [-0.05, 0) is 18.2 Å². The minimum absolute atomic E-state index is 0.295. The number of rotatable bonds is 3. The number of hydrogen-bond acceptors (Lipinski definition) is 5. The normalized spacial score (nSPS) is 9.94. The number of nitrogens with zero attached hydrogens (tertiary/aromatic N) is 1. The van der Waals surface area contributed by atoms with Gasteiger partial charge < -0.3 is 10.5 Å². The quantitative estimate of drug-likeness (QED) is 0.815. The van der Waals surface area contributed by atoms with E-state index in [0.29, 0.717) is 22.1 Å². The fourth-order valence-electron chi connectivity index (χ4n) is 1.31. The minimum Gasteiger partial charge on any atom is -0.497 e. The molecule has 17 heavy (non-hydrogen) atoms. The monoisotopic (exact) mass is 249 g/mol. The second kappa shape index (κ2) is 4.84. The molecule has 0 aliphatic heterocycles. The molecular weight excluding hydrogens is 238 g/mol. The number of nitrogens with two attached hydrogens (primary N) is 1. The Bertz CT molecular complexity index is 526. The van der Waals surface area contributed by atoms with Crippen LogP contribution in [0.4, 0.5) is 10.8 Å². The molecule has 0 radical (unpaired) electrons. The van der Waals surface area contributed by atoms with Crippen LogP contribution in [0.1, 0.15) is 10.4 Å². The van der Waals surface area contributed by atoms with Gasteiger partial charge in [-0.25, -0.2) is 4.98 Å². The average Bonchev–Trinajstić information content (AvgIpc) is 2.82. The molecule has 3 N–H and O–H groups in total. The molecule has 1 aromatic heterocycles. The van der Waals surface area contributed by atoms with Crippen molar-refractivity contribution < 1.29 is 9.53 Å². The predicted molar refractivity (Wildman–Crippen MR) is 67.5 cm³/mol. The average molecular weight is 249 g/mol. The molecule has 0 bridgehead atoms. The number of nitrogen functional groups attached to an aromatic ring is 1. The lowest BCUT2D eigenvalue weighted by atomic mass is 10.1. The van der Waals surface area contributed by atoms with Crippen LogP contribution in [0, 0.1) is 0 Å². The van der Waals surface area contributed by atoms with Crippen LogP contribution in [-0.2, 0) is 0 Å². The highest BCUT2D eigenvalue weighted by Gasteiger charge is 2.12. The third-order valence-corrected chi connectivity index (χ3v) is 2.85. The number of methoxy groups -OCH3 is 1. The number of thiazole rings is 1. The van der Waals surface area contributed by atoms with Gasteiger partial charge in [0.25, 0.3) is 5.91 Å². The van der Waals surface area contributed by atoms with Gasteiger partial charge in [0.1, 0.15) is 5.75 Å². The van der Waals surface area contributed by atoms with Crippen LogP contribution in [0.2, 0.25) is 0 Å². The Morgan fingerprint density at radius 3 is 3.00 bits per heavy atom. The first kappa shape index (κ1) is 11.4. The second-order valence-corrected chi connectivity index (χ2v) is 4.14. The van der Waals surface area contributed by atoms with Crippen molar-refractivity contribution in [3.63, 3.8) is 0 Å². The summed E-state index contributed by atoms with van der Waals surface area (Å²) >= 11 is 1.35. The summed E-state index contributed by atoms with van der Waals surface area (Å²) in [6.07, 6.45) is 1.62. The minimum atomic E-state index is -0.295. The molecule has 0 atom stereocenters. The molecule has 0 saturated heterocycles. The topological polar surface area (TPSA) is 77.2 Å². The van der Waals surface area contributed by atoms with Gasteiger partial charge in [0, 0.05) is 17.3 Å². The molecule has 2 rings (SSSR count). The van der Waals surface area contributed by atoms with E-state index in [9.17, 15) is 4.79 Å². The first-order chi connectivity index (χ1) is 8.20. The number of benzene rings is 1. The van der Waals surface area contributed by atoms with Gasteiger partial charge in [-0.15, -0.1) is 11.3 Å². The van der Waals surface area contributed by atoms with Crippen LogP contribution in [0.15, 0.2) is 29.8 Å². The van der Waals surface area contributed by atoms with Gasteiger partial charge in [0.15, 0.2) is 5.13 Å². The van der Waals surface area contributed by atoms with Crippen LogP contribution in [0.3, 0.4) is 0 Å². The molecule has 0 spiro atoms. The van der Waals surface area contributed by atoms with E-state index in [1.807, 2.05) is 0 Å². The molecule has 1 amide bonds. The Morgan fingerprint density at radius 1 is 1.53 bits per heavy atom. The van der Waals surface area contributed by atoms with Crippen molar-refractivity contribution in [2.75, 3.05) is 18.2 Å². The molecule has 0 aliphatic rings. The van der Waals surface area contributed by atoms with Gasteiger partial charge >= 0.3 is 0 Å². The van der Waals surface area contributed by atoms with Gasteiger partial charge in [-0.1, -0.05) is 0 Å². The van der Waals surface area contributed by atoms with Crippen molar-refractivity contribution in [1.29, 1.82) is 0 Å². The zero-order valence-corrected chi connectivity index (χ0v) is 9.95. The Hall–Kier alpha value is -2.08. The van der Waals surface area contributed by atoms with E-state index in [-0.39, 0.29) is 5.91 Å². The largest absolute Gasteiger partial charge is 0.497 e. The number of nitrogens with one attached hydrogen (secondary N) is 1. The lowest BCUT2D eigenvalue weighted by Crippen LogP contribution is -2.13. The summed E-state index contributed by atoms with van der Waals surface area (Å²) in [6, 6.07) is 4.93. The van der Waals surface area contributed by atoms with E-state index in [4.69, 9.17) is 10.5 Å². The van der Waals surface area contributed by atoms with Gasteiger partial charge in [-0.3, -0.25) is 10.1 Å². The third kappa shape index (κ3) is 2.54. The van der Waals surface area contributed by atoms with Gasteiger partial charge in [0.05, 0.1) is 12.7 Å². The van der Waals surface area contributed by atoms with Crippen molar-refractivity contribution in [1.82, 2.24) is 4.98 Å². The Kier molecular flexibility index (Phi) is 3.24. The first-order valence-electron chi connectivity index (χ1n) is 4.85. The number of aromatic nitrogens is 1. The highest BCUT2D eigenvalue weighted by atomic mass is 32.1. The van der Waals surface area contributed by atoms with Crippen LogP contribution in [0.5, 0.6) is 5.75 Å². The smallest absolute Gasteiger partial charge is 0.259 e. The molecule has 1 heterocycles. The number of carbonyl (C=O) groups is 1. The van der Waals surface area contributed by atoms with Crippen molar-refractivity contribution in [2.24, 2.45) is 0 Å². The zero-order valence-electron chi connectivity index (χ0n) is 9.14. The molecule has 5 nitrogen and oxygen atoms in total. The van der Waals surface area contributed by atoms with E-state index < -0.39 is 0 Å². The predicted octanol–water partition coefficient (Wildman–Crippen LogP) is 1.99. The van der Waals surface area contributed by atoms with E-state index in [1.54, 1.807) is 29.8 Å². The van der Waals surface area contributed by atoms with Crippen molar-refractivity contribution in [3.05, 3.63) is 35.3 Å². The summed E-state index contributed by atoms with van der Waals surface area (Å²) < 4.78 is 5.05. The summed E-state index contributed by atoms with van der Waals surface area (Å²) in [7, 11) is 1.54. The number of amides is 1. The zero-order chi connectivity index (χ0) is 12.3. The van der Waals surface area contributed by atoms with E-state index in [0.717, 1.165) is 0 Å². The maximum Gasteiger partial charge on any atom is 0.259 e.